The van der Waals surface area contributed by atoms with Crippen LogP contribution in [0, 0.1) is 23.0 Å². The summed E-state index contributed by atoms with van der Waals surface area (Å²) in [6.45, 7) is 1.55. The monoisotopic (exact) mass is 343 g/mol. The van der Waals surface area contributed by atoms with E-state index in [1.807, 2.05) is 6.07 Å². The average Bonchev–Trinajstić information content (AvgIpc) is 2.53. The Kier molecular flexibility index (Phi) is 5.79. The molecule has 0 fully saturated rings. The molecule has 7 heteroatoms. The molecule has 0 heterocycles. The largest absolute Gasteiger partial charge is 0.374 e. The second-order valence-corrected chi connectivity index (χ2v) is 5.43. The molecule has 25 heavy (non-hydrogen) atoms. The normalized spacial score (nSPS) is 11.3. The molecule has 0 aliphatic carbocycles. The van der Waals surface area contributed by atoms with Gasteiger partial charge in [0.15, 0.2) is 0 Å². The van der Waals surface area contributed by atoms with Gasteiger partial charge in [-0.2, -0.15) is 5.26 Å². The Balaban J connectivity index is 1.93. The number of nitriles is 1. The Hall–Kier alpha value is -3.27. The van der Waals surface area contributed by atoms with Gasteiger partial charge in [-0.05, 0) is 42.8 Å². The minimum atomic E-state index is -0.790. The third-order valence-electron chi connectivity index (χ3n) is 3.32. The molecule has 2 N–H and O–H groups in total. The van der Waals surface area contributed by atoms with Crippen LogP contribution in [-0.2, 0) is 16.0 Å². The van der Waals surface area contributed by atoms with Gasteiger partial charge in [0.2, 0.25) is 11.8 Å². The summed E-state index contributed by atoms with van der Waals surface area (Å²) in [6, 6.07) is 10.5. The highest BCUT2D eigenvalue weighted by Crippen LogP contribution is 2.11. The van der Waals surface area contributed by atoms with Gasteiger partial charge >= 0.3 is 0 Å². The lowest BCUT2D eigenvalue weighted by molar-refractivity contribution is -0.130. The summed E-state index contributed by atoms with van der Waals surface area (Å²) in [5.41, 5.74) is 1.12. The van der Waals surface area contributed by atoms with Crippen LogP contribution in [0.1, 0.15) is 18.1 Å². The van der Waals surface area contributed by atoms with Crippen molar-refractivity contribution in [3.8, 4) is 6.07 Å². The number of halogens is 2. The van der Waals surface area contributed by atoms with E-state index in [4.69, 9.17) is 5.26 Å². The quantitative estimate of drug-likeness (QED) is 0.874. The van der Waals surface area contributed by atoms with Crippen molar-refractivity contribution < 1.29 is 18.4 Å². The highest BCUT2D eigenvalue weighted by molar-refractivity contribution is 5.99. The third-order valence-corrected chi connectivity index (χ3v) is 3.32. The number of nitrogens with one attached hydrogen (secondary N) is 2. The van der Waals surface area contributed by atoms with Gasteiger partial charge in [-0.3, -0.25) is 14.9 Å². The van der Waals surface area contributed by atoms with Crippen molar-refractivity contribution in [3.05, 3.63) is 65.2 Å². The molecule has 2 amide bonds. The molecule has 0 unspecified atom stereocenters. The van der Waals surface area contributed by atoms with Gasteiger partial charge < -0.3 is 5.32 Å². The molecule has 5 nitrogen and oxygen atoms in total. The highest BCUT2D eigenvalue weighted by atomic mass is 19.1. The molecule has 2 aromatic carbocycles. The second kappa shape index (κ2) is 8.02. The number of benzene rings is 2. The number of amides is 2. The molecular weight excluding hydrogens is 328 g/mol. The van der Waals surface area contributed by atoms with E-state index in [1.165, 1.54) is 0 Å². The molecule has 0 saturated heterocycles. The standard InChI is InChI=1S/C18H15F2N3O2/c1-11(22-16-4-2-3-12(7-16)10-21)18(25)23-17(24)8-13-5-14(19)9-15(20)6-13/h2-7,9,11,22H,8H2,1H3,(H,23,24,25)/t11-/m0/s1. The molecular formula is C18H15F2N3O2. The molecule has 2 aromatic rings. The number of hydrogen-bond acceptors (Lipinski definition) is 4. The molecule has 0 spiro atoms. The first-order chi connectivity index (χ1) is 11.9. The van der Waals surface area contributed by atoms with Crippen molar-refractivity contribution >= 4 is 17.5 Å². The van der Waals surface area contributed by atoms with E-state index in [0.29, 0.717) is 17.3 Å². The minimum Gasteiger partial charge on any atom is -0.374 e. The zero-order valence-electron chi connectivity index (χ0n) is 13.3. The molecule has 0 aliphatic heterocycles. The lowest BCUT2D eigenvalue weighted by Gasteiger charge is -2.15. The summed E-state index contributed by atoms with van der Waals surface area (Å²) >= 11 is 0. The van der Waals surface area contributed by atoms with Gasteiger partial charge in [0.1, 0.15) is 17.7 Å². The summed E-state index contributed by atoms with van der Waals surface area (Å²) < 4.78 is 26.2. The van der Waals surface area contributed by atoms with Gasteiger partial charge in [-0.15, -0.1) is 0 Å². The first-order valence-electron chi connectivity index (χ1n) is 7.43. The zero-order chi connectivity index (χ0) is 18.4. The summed E-state index contributed by atoms with van der Waals surface area (Å²) in [4.78, 5) is 23.9. The van der Waals surface area contributed by atoms with Crippen LogP contribution in [-0.4, -0.2) is 17.9 Å². The molecule has 2 rings (SSSR count). The Bertz CT molecular complexity index is 826. The van der Waals surface area contributed by atoms with Crippen molar-refractivity contribution in [2.24, 2.45) is 0 Å². The van der Waals surface area contributed by atoms with Crippen LogP contribution in [0.2, 0.25) is 0 Å². The summed E-state index contributed by atoms with van der Waals surface area (Å²) in [5, 5.41) is 13.9. The van der Waals surface area contributed by atoms with E-state index in [1.54, 1.807) is 31.2 Å². The first-order valence-corrected chi connectivity index (χ1v) is 7.43. The Morgan fingerprint density at radius 3 is 2.48 bits per heavy atom. The minimum absolute atomic E-state index is 0.130. The molecule has 128 valence electrons. The zero-order valence-corrected chi connectivity index (χ0v) is 13.3. The lowest BCUT2D eigenvalue weighted by atomic mass is 10.1. The van der Waals surface area contributed by atoms with Crippen LogP contribution in [0.25, 0.3) is 0 Å². The molecule has 0 radical (unpaired) electrons. The van der Waals surface area contributed by atoms with Crippen LogP contribution in [0.3, 0.4) is 0 Å². The predicted molar refractivity (Wildman–Crippen MR) is 87.5 cm³/mol. The van der Waals surface area contributed by atoms with E-state index < -0.39 is 29.5 Å². The van der Waals surface area contributed by atoms with Crippen LogP contribution < -0.4 is 10.6 Å². The van der Waals surface area contributed by atoms with Crippen molar-refractivity contribution in [1.29, 1.82) is 5.26 Å². The topological polar surface area (TPSA) is 82.0 Å². The van der Waals surface area contributed by atoms with Gasteiger partial charge in [0.25, 0.3) is 0 Å². The second-order valence-electron chi connectivity index (χ2n) is 5.43. The number of nitrogens with zero attached hydrogens (tertiary/aromatic N) is 1. The predicted octanol–water partition coefficient (Wildman–Crippen LogP) is 2.52. The maximum Gasteiger partial charge on any atom is 0.248 e. The molecule has 0 bridgehead atoms. The summed E-state index contributed by atoms with van der Waals surface area (Å²) in [7, 11) is 0. The lowest BCUT2D eigenvalue weighted by Crippen LogP contribution is -2.41. The van der Waals surface area contributed by atoms with E-state index in [-0.39, 0.29) is 12.0 Å². The Morgan fingerprint density at radius 2 is 1.84 bits per heavy atom. The number of rotatable bonds is 5. The fourth-order valence-corrected chi connectivity index (χ4v) is 2.18. The highest BCUT2D eigenvalue weighted by Gasteiger charge is 2.16. The van der Waals surface area contributed by atoms with E-state index in [2.05, 4.69) is 10.6 Å². The molecule has 1 atom stereocenters. The number of anilines is 1. The van der Waals surface area contributed by atoms with E-state index >= 15 is 0 Å². The third kappa shape index (κ3) is 5.39. The summed E-state index contributed by atoms with van der Waals surface area (Å²) in [6.07, 6.45) is -0.322. The van der Waals surface area contributed by atoms with Gasteiger partial charge in [0.05, 0.1) is 18.1 Å². The van der Waals surface area contributed by atoms with Gasteiger partial charge in [-0.1, -0.05) is 6.07 Å². The maximum atomic E-state index is 13.1. The maximum absolute atomic E-state index is 13.1. The van der Waals surface area contributed by atoms with Crippen LogP contribution in [0.5, 0.6) is 0 Å². The van der Waals surface area contributed by atoms with E-state index in [9.17, 15) is 18.4 Å². The van der Waals surface area contributed by atoms with Crippen molar-refractivity contribution in [2.45, 2.75) is 19.4 Å². The average molecular weight is 343 g/mol. The SMILES string of the molecule is C[C@H](Nc1cccc(C#N)c1)C(=O)NC(=O)Cc1cc(F)cc(F)c1. The fraction of sp³-hybridized carbons (Fsp3) is 0.167. The summed E-state index contributed by atoms with van der Waals surface area (Å²) in [5.74, 6) is -2.85. The van der Waals surface area contributed by atoms with Crippen molar-refractivity contribution in [3.63, 3.8) is 0 Å². The Labute approximate surface area is 143 Å². The number of carbonyl (C=O) groups excluding carboxylic acids is 2. The van der Waals surface area contributed by atoms with Crippen LogP contribution in [0.4, 0.5) is 14.5 Å². The molecule has 0 saturated carbocycles. The van der Waals surface area contributed by atoms with E-state index in [0.717, 1.165) is 12.1 Å². The van der Waals surface area contributed by atoms with Gasteiger partial charge in [0, 0.05) is 11.8 Å². The van der Waals surface area contributed by atoms with Crippen molar-refractivity contribution in [1.82, 2.24) is 5.32 Å². The van der Waals surface area contributed by atoms with Gasteiger partial charge in [-0.25, -0.2) is 8.78 Å². The number of hydrogen-bond donors (Lipinski definition) is 2. The van der Waals surface area contributed by atoms with Crippen LogP contribution in [0.15, 0.2) is 42.5 Å². The number of imide groups is 1. The molecule has 0 aliphatic rings. The van der Waals surface area contributed by atoms with Crippen LogP contribution >= 0.6 is 0 Å². The fourth-order valence-electron chi connectivity index (χ4n) is 2.18. The van der Waals surface area contributed by atoms with Crippen molar-refractivity contribution in [2.75, 3.05) is 5.32 Å². The smallest absolute Gasteiger partial charge is 0.248 e. The first kappa shape index (κ1) is 18.1. The number of carbonyl (C=O) groups is 2. The Morgan fingerprint density at radius 1 is 1.16 bits per heavy atom. The molecule has 0 aromatic heterocycles.